The molecule has 20 heavy (non-hydrogen) atoms. The van der Waals surface area contributed by atoms with Crippen molar-refractivity contribution in [3.63, 3.8) is 0 Å². The summed E-state index contributed by atoms with van der Waals surface area (Å²) in [5.74, 6) is -0.252. The molecule has 1 saturated heterocycles. The quantitative estimate of drug-likeness (QED) is 0.667. The van der Waals surface area contributed by atoms with Crippen LogP contribution in [-0.2, 0) is 0 Å². The van der Waals surface area contributed by atoms with E-state index in [2.05, 4.69) is 5.32 Å². The summed E-state index contributed by atoms with van der Waals surface area (Å²) in [6.07, 6.45) is 0. The first-order valence-electron chi connectivity index (χ1n) is 6.27. The maximum atomic E-state index is 12.5. The van der Waals surface area contributed by atoms with Crippen molar-refractivity contribution in [2.24, 2.45) is 0 Å². The predicted octanol–water partition coefficient (Wildman–Crippen LogP) is 1.76. The molecule has 0 radical (unpaired) electrons. The molecule has 0 saturated carbocycles. The smallest absolute Gasteiger partial charge is 0.282 e. The summed E-state index contributed by atoms with van der Waals surface area (Å²) in [6.45, 7) is 5.59. The van der Waals surface area contributed by atoms with Crippen LogP contribution in [0.2, 0.25) is 0 Å². The van der Waals surface area contributed by atoms with Gasteiger partial charge in [-0.3, -0.25) is 14.9 Å². The van der Waals surface area contributed by atoms with E-state index in [1.54, 1.807) is 24.0 Å². The van der Waals surface area contributed by atoms with Gasteiger partial charge >= 0.3 is 0 Å². The van der Waals surface area contributed by atoms with Gasteiger partial charge in [0.05, 0.1) is 4.92 Å². The average Bonchev–Trinajstić information content (AvgIpc) is 2.37. The minimum Gasteiger partial charge on any atom is -0.336 e. The number of carbonyl (C=O) groups excluding carboxylic acids is 1. The van der Waals surface area contributed by atoms with E-state index in [-0.39, 0.29) is 35.6 Å². The summed E-state index contributed by atoms with van der Waals surface area (Å²) >= 11 is 0. The van der Waals surface area contributed by atoms with Crippen molar-refractivity contribution in [2.75, 3.05) is 19.6 Å². The molecule has 110 valence electrons. The lowest BCUT2D eigenvalue weighted by molar-refractivity contribution is -0.385. The Morgan fingerprint density at radius 3 is 2.80 bits per heavy atom. The first kappa shape index (κ1) is 16.4. The predicted molar refractivity (Wildman–Crippen MR) is 78.4 cm³/mol. The van der Waals surface area contributed by atoms with E-state index in [0.29, 0.717) is 25.2 Å². The summed E-state index contributed by atoms with van der Waals surface area (Å²) < 4.78 is 0. The second kappa shape index (κ2) is 6.67. The van der Waals surface area contributed by atoms with Crippen LogP contribution < -0.4 is 5.32 Å². The van der Waals surface area contributed by atoms with Crippen LogP contribution in [0.25, 0.3) is 0 Å². The van der Waals surface area contributed by atoms with Gasteiger partial charge in [-0.2, -0.15) is 0 Å². The highest BCUT2D eigenvalue weighted by molar-refractivity contribution is 5.99. The number of nitro benzene ring substituents is 1. The number of hydrogen-bond acceptors (Lipinski definition) is 4. The molecule has 1 heterocycles. The van der Waals surface area contributed by atoms with Gasteiger partial charge in [0, 0.05) is 31.7 Å². The van der Waals surface area contributed by atoms with Crippen molar-refractivity contribution in [3.8, 4) is 0 Å². The molecule has 1 aliphatic rings. The number of nitrogens with zero attached hydrogens (tertiary/aromatic N) is 2. The average molecular weight is 300 g/mol. The first-order chi connectivity index (χ1) is 9.00. The van der Waals surface area contributed by atoms with Crippen LogP contribution in [-0.4, -0.2) is 41.4 Å². The van der Waals surface area contributed by atoms with Gasteiger partial charge in [0.1, 0.15) is 5.56 Å². The Hall–Kier alpha value is -1.66. The molecule has 1 aromatic carbocycles. The first-order valence-corrected chi connectivity index (χ1v) is 6.27. The molecule has 1 amide bonds. The van der Waals surface area contributed by atoms with Crippen LogP contribution in [0.5, 0.6) is 0 Å². The van der Waals surface area contributed by atoms with E-state index < -0.39 is 4.92 Å². The number of benzene rings is 1. The standard InChI is InChI=1S/C13H17N3O3.ClH/c1-9-4-3-5-11(16(18)19)12(9)13(17)15-7-6-14-10(2)8-15;/h3-5,10,14H,6-8H2,1-2H3;1H/t10-;/m1./s1. The van der Waals surface area contributed by atoms with E-state index in [1.165, 1.54) is 6.07 Å². The van der Waals surface area contributed by atoms with Gasteiger partial charge < -0.3 is 10.2 Å². The third-order valence-electron chi connectivity index (χ3n) is 3.32. The normalized spacial score (nSPS) is 18.3. The monoisotopic (exact) mass is 299 g/mol. The van der Waals surface area contributed by atoms with Gasteiger partial charge in [-0.15, -0.1) is 12.4 Å². The van der Waals surface area contributed by atoms with Gasteiger partial charge in [0.2, 0.25) is 0 Å². The molecule has 1 N–H and O–H groups in total. The SMILES string of the molecule is Cc1cccc([N+](=O)[O-])c1C(=O)N1CCN[C@H](C)C1.Cl. The van der Waals surface area contributed by atoms with Crippen LogP contribution in [0.15, 0.2) is 18.2 Å². The molecule has 2 rings (SSSR count). The minimum atomic E-state index is -0.494. The number of nitrogens with one attached hydrogen (secondary N) is 1. The number of aryl methyl sites for hydroxylation is 1. The summed E-state index contributed by atoms with van der Waals surface area (Å²) in [7, 11) is 0. The molecule has 7 heteroatoms. The maximum Gasteiger partial charge on any atom is 0.282 e. The summed E-state index contributed by atoms with van der Waals surface area (Å²) in [5.41, 5.74) is 0.739. The van der Waals surface area contributed by atoms with Crippen LogP contribution in [0.3, 0.4) is 0 Å². The molecule has 1 aliphatic heterocycles. The van der Waals surface area contributed by atoms with Crippen LogP contribution in [0.1, 0.15) is 22.8 Å². The fourth-order valence-corrected chi connectivity index (χ4v) is 2.36. The Morgan fingerprint density at radius 1 is 1.50 bits per heavy atom. The van der Waals surface area contributed by atoms with E-state index in [1.807, 2.05) is 6.92 Å². The zero-order chi connectivity index (χ0) is 14.0. The van der Waals surface area contributed by atoms with Gasteiger partial charge in [0.25, 0.3) is 11.6 Å². The zero-order valence-electron chi connectivity index (χ0n) is 11.5. The molecular weight excluding hydrogens is 282 g/mol. The van der Waals surface area contributed by atoms with Gasteiger partial charge in [-0.1, -0.05) is 12.1 Å². The summed E-state index contributed by atoms with van der Waals surface area (Å²) in [6, 6.07) is 4.92. The molecular formula is C13H18ClN3O3. The molecule has 1 aromatic rings. The van der Waals surface area contributed by atoms with Crippen molar-refractivity contribution in [1.29, 1.82) is 0 Å². The largest absolute Gasteiger partial charge is 0.336 e. The van der Waals surface area contributed by atoms with Crippen LogP contribution >= 0.6 is 12.4 Å². The fraction of sp³-hybridized carbons (Fsp3) is 0.462. The Bertz CT molecular complexity index is 522. The molecule has 6 nitrogen and oxygen atoms in total. The van der Waals surface area contributed by atoms with Crippen molar-refractivity contribution in [2.45, 2.75) is 19.9 Å². The number of piperazine rings is 1. The molecule has 0 aromatic heterocycles. The van der Waals surface area contributed by atoms with Crippen LogP contribution in [0.4, 0.5) is 5.69 Å². The lowest BCUT2D eigenvalue weighted by Gasteiger charge is -2.32. The van der Waals surface area contributed by atoms with E-state index in [4.69, 9.17) is 0 Å². The van der Waals surface area contributed by atoms with Crippen molar-refractivity contribution >= 4 is 24.0 Å². The highest BCUT2D eigenvalue weighted by atomic mass is 35.5. The second-order valence-corrected chi connectivity index (χ2v) is 4.83. The van der Waals surface area contributed by atoms with Crippen molar-refractivity contribution in [3.05, 3.63) is 39.4 Å². The van der Waals surface area contributed by atoms with Crippen molar-refractivity contribution in [1.82, 2.24) is 10.2 Å². The lowest BCUT2D eigenvalue weighted by Crippen LogP contribution is -2.51. The van der Waals surface area contributed by atoms with Gasteiger partial charge in [0.15, 0.2) is 0 Å². The molecule has 0 bridgehead atoms. The number of halogens is 1. The molecule has 0 spiro atoms. The minimum absolute atomic E-state index is 0. The lowest BCUT2D eigenvalue weighted by atomic mass is 10.0. The third-order valence-corrected chi connectivity index (χ3v) is 3.32. The number of carbonyl (C=O) groups is 1. The number of hydrogen-bond donors (Lipinski definition) is 1. The van der Waals surface area contributed by atoms with Crippen LogP contribution in [0, 0.1) is 17.0 Å². The Morgan fingerprint density at radius 2 is 2.20 bits per heavy atom. The highest BCUT2D eigenvalue weighted by Gasteiger charge is 2.28. The highest BCUT2D eigenvalue weighted by Crippen LogP contribution is 2.23. The van der Waals surface area contributed by atoms with Crippen molar-refractivity contribution < 1.29 is 9.72 Å². The Labute approximate surface area is 123 Å². The fourth-order valence-electron chi connectivity index (χ4n) is 2.36. The number of nitro groups is 1. The Balaban J connectivity index is 0.00000200. The summed E-state index contributed by atoms with van der Waals surface area (Å²) in [5, 5.41) is 14.3. The van der Waals surface area contributed by atoms with Gasteiger partial charge in [-0.05, 0) is 19.4 Å². The van der Waals surface area contributed by atoms with E-state index in [0.717, 1.165) is 0 Å². The topological polar surface area (TPSA) is 75.5 Å². The molecule has 0 unspecified atom stereocenters. The summed E-state index contributed by atoms with van der Waals surface area (Å²) in [4.78, 5) is 24.7. The third kappa shape index (κ3) is 3.26. The van der Waals surface area contributed by atoms with E-state index >= 15 is 0 Å². The molecule has 1 fully saturated rings. The number of rotatable bonds is 2. The second-order valence-electron chi connectivity index (χ2n) is 4.83. The Kier molecular flexibility index (Phi) is 5.47. The maximum absolute atomic E-state index is 12.5. The zero-order valence-corrected chi connectivity index (χ0v) is 12.3. The molecule has 0 aliphatic carbocycles. The number of amides is 1. The van der Waals surface area contributed by atoms with Gasteiger partial charge in [-0.25, -0.2) is 0 Å². The molecule has 1 atom stereocenters. The van der Waals surface area contributed by atoms with E-state index in [9.17, 15) is 14.9 Å².